The molecule has 0 aliphatic carbocycles. The van der Waals surface area contributed by atoms with Crippen molar-refractivity contribution in [3.63, 3.8) is 0 Å². The molecule has 1 aliphatic rings. The van der Waals surface area contributed by atoms with Gasteiger partial charge in [-0.15, -0.1) is 0 Å². The van der Waals surface area contributed by atoms with Gasteiger partial charge in [-0.3, -0.25) is 4.74 Å². The van der Waals surface area contributed by atoms with Gasteiger partial charge in [-0.1, -0.05) is 107 Å². The minimum Gasteiger partial charge on any atom is -0.714 e. The van der Waals surface area contributed by atoms with Gasteiger partial charge in [0.15, 0.2) is 11.1 Å². The number of hydroxylamine groups is 3. The Kier molecular flexibility index (Phi) is 11.7. The summed E-state index contributed by atoms with van der Waals surface area (Å²) in [6, 6.07) is 15.9. The van der Waals surface area contributed by atoms with E-state index < -0.39 is 11.1 Å². The molecule has 3 rings (SSSR count). The Morgan fingerprint density at radius 3 is 1.72 bits per heavy atom. The van der Waals surface area contributed by atoms with Crippen molar-refractivity contribution >= 4 is 5.84 Å². The van der Waals surface area contributed by atoms with Crippen molar-refractivity contribution in [2.24, 2.45) is 0 Å². The molecule has 215 valence electrons. The molecule has 2 aromatic carbocycles. The lowest BCUT2D eigenvalue weighted by Gasteiger charge is -2.36. The largest absolute Gasteiger partial charge is 0.714 e. The van der Waals surface area contributed by atoms with Crippen molar-refractivity contribution < 1.29 is 14.7 Å². The van der Waals surface area contributed by atoms with Gasteiger partial charge in [0.25, 0.3) is 0 Å². The van der Waals surface area contributed by atoms with E-state index in [0.29, 0.717) is 12.0 Å². The maximum absolute atomic E-state index is 13.6. The molecule has 39 heavy (non-hydrogen) atoms. The van der Waals surface area contributed by atoms with Gasteiger partial charge in [0.1, 0.15) is 5.75 Å². The summed E-state index contributed by atoms with van der Waals surface area (Å²) in [4.78, 5) is 0. The van der Waals surface area contributed by atoms with Crippen LogP contribution in [0.2, 0.25) is 0 Å². The molecular weight excluding hydrogens is 484 g/mol. The molecule has 1 heterocycles. The lowest BCUT2D eigenvalue weighted by atomic mass is 9.78. The molecule has 0 amide bonds. The highest BCUT2D eigenvalue weighted by atomic mass is 16.5. The zero-order valence-corrected chi connectivity index (χ0v) is 25.1. The molecule has 0 bridgehead atoms. The third-order valence-electron chi connectivity index (χ3n) is 8.77. The number of benzene rings is 2. The number of rotatable bonds is 17. The third-order valence-corrected chi connectivity index (χ3v) is 8.77. The number of hydrogen-bond acceptors (Lipinski definition) is 3. The van der Waals surface area contributed by atoms with Crippen LogP contribution in [0.15, 0.2) is 48.5 Å². The number of amidine groups is 1. The molecule has 1 aliphatic heterocycles. The van der Waals surface area contributed by atoms with Crippen LogP contribution in [0.25, 0.3) is 11.1 Å². The fourth-order valence-electron chi connectivity index (χ4n) is 5.57. The van der Waals surface area contributed by atoms with Gasteiger partial charge in [-0.2, -0.15) is 0 Å². The van der Waals surface area contributed by atoms with Crippen molar-refractivity contribution in [2.45, 2.75) is 129 Å². The first kappa shape index (κ1) is 31.0. The molecular formula is C34H51N2O3. The van der Waals surface area contributed by atoms with Crippen LogP contribution < -0.4 is 4.74 Å². The van der Waals surface area contributed by atoms with Gasteiger partial charge in [0.2, 0.25) is 0 Å². The van der Waals surface area contributed by atoms with Gasteiger partial charge in [0.05, 0.1) is 12.2 Å². The predicted octanol–water partition coefficient (Wildman–Crippen LogP) is 9.30. The van der Waals surface area contributed by atoms with E-state index in [9.17, 15) is 10.4 Å². The summed E-state index contributed by atoms with van der Waals surface area (Å²) in [6.07, 6.45) is 15.2. The van der Waals surface area contributed by atoms with E-state index in [1.165, 1.54) is 57.8 Å². The first-order chi connectivity index (χ1) is 18.8. The summed E-state index contributed by atoms with van der Waals surface area (Å²) in [5, 5.41) is 28.0. The topological polar surface area (TPSA) is 58.4 Å². The maximum atomic E-state index is 13.6. The molecule has 5 heteroatoms. The fraction of sp³-hybridized carbons (Fsp3) is 0.618. The lowest BCUT2D eigenvalue weighted by molar-refractivity contribution is -0.546. The molecule has 5 nitrogen and oxygen atoms in total. The molecule has 1 atom stereocenters. The average Bonchev–Trinajstić information content (AvgIpc) is 3.07. The summed E-state index contributed by atoms with van der Waals surface area (Å²) in [5.74, 6) is 1.11. The third kappa shape index (κ3) is 7.57. The van der Waals surface area contributed by atoms with Crippen LogP contribution in [-0.2, 0) is 5.21 Å². The monoisotopic (exact) mass is 535 g/mol. The van der Waals surface area contributed by atoms with Crippen LogP contribution in [0.5, 0.6) is 5.75 Å². The summed E-state index contributed by atoms with van der Waals surface area (Å²) in [5.41, 5.74) is 1.22. The quantitative estimate of drug-likeness (QED) is 0.115. The minimum absolute atomic E-state index is 0.221. The van der Waals surface area contributed by atoms with Crippen molar-refractivity contribution in [3.05, 3.63) is 59.3 Å². The van der Waals surface area contributed by atoms with E-state index >= 15 is 0 Å². The highest BCUT2D eigenvalue weighted by Gasteiger charge is 2.61. The standard InChI is InChI=1S/C34H51N2O3/c1-6-8-10-12-14-16-26-34(5)33(3,4)35(37)32(36(34)38)30-20-18-28(19-21-30)29-22-24-31(25-23-29)39-27-17-15-13-11-9-7-2/h18-25H,6-17,26-27H2,1-5H3/t34-/m0/s1. The molecule has 2 aromatic rings. The first-order valence-electron chi connectivity index (χ1n) is 15.4. The zero-order valence-electron chi connectivity index (χ0n) is 25.1. The fourth-order valence-corrected chi connectivity index (χ4v) is 5.57. The van der Waals surface area contributed by atoms with E-state index in [2.05, 4.69) is 26.0 Å². The Morgan fingerprint density at radius 1 is 0.692 bits per heavy atom. The van der Waals surface area contributed by atoms with Gasteiger partial charge in [-0.05, 0) is 75.4 Å². The van der Waals surface area contributed by atoms with Crippen molar-refractivity contribution in [1.82, 2.24) is 5.06 Å². The van der Waals surface area contributed by atoms with Crippen LogP contribution in [0.4, 0.5) is 0 Å². The second kappa shape index (κ2) is 14.7. The molecule has 0 unspecified atom stereocenters. The van der Waals surface area contributed by atoms with Gasteiger partial charge >= 0.3 is 5.84 Å². The Bertz CT molecular complexity index is 1030. The Hall–Kier alpha value is -2.53. The second-order valence-electron chi connectivity index (χ2n) is 12.0. The molecule has 0 saturated heterocycles. The van der Waals surface area contributed by atoms with E-state index in [0.717, 1.165) is 52.5 Å². The van der Waals surface area contributed by atoms with E-state index in [1.54, 1.807) is 0 Å². The second-order valence-corrected chi connectivity index (χ2v) is 12.0. The van der Waals surface area contributed by atoms with E-state index in [1.807, 2.05) is 57.2 Å². The highest BCUT2D eigenvalue weighted by molar-refractivity contribution is 5.96. The van der Waals surface area contributed by atoms with Gasteiger partial charge in [-0.25, -0.2) is 0 Å². The molecule has 0 fully saturated rings. The normalized spacial score (nSPS) is 18.7. The predicted molar refractivity (Wildman–Crippen MR) is 161 cm³/mol. The molecule has 0 spiro atoms. The SMILES string of the molecule is CCCCCCCCOc1ccc(-c2ccc(C3=[N+]([O-])[C@@](C)(CCCCCCCC)C(C)(C)N3[O])cc2)cc1. The molecule has 1 radical (unpaired) electrons. The van der Waals surface area contributed by atoms with Crippen molar-refractivity contribution in [2.75, 3.05) is 6.61 Å². The number of unbranched alkanes of at least 4 members (excludes halogenated alkanes) is 10. The Morgan fingerprint density at radius 2 is 1.15 bits per heavy atom. The van der Waals surface area contributed by atoms with Crippen molar-refractivity contribution in [1.29, 1.82) is 0 Å². The summed E-state index contributed by atoms with van der Waals surface area (Å²) in [6.45, 7) is 11.0. The number of hydrogen-bond donors (Lipinski definition) is 0. The Labute approximate surface area is 237 Å². The Balaban J connectivity index is 1.62. The summed E-state index contributed by atoms with van der Waals surface area (Å²) in [7, 11) is 0. The first-order valence-corrected chi connectivity index (χ1v) is 15.4. The molecule has 0 saturated carbocycles. The van der Waals surface area contributed by atoms with Crippen LogP contribution in [0.3, 0.4) is 0 Å². The van der Waals surface area contributed by atoms with Crippen LogP contribution in [-0.4, -0.2) is 33.3 Å². The van der Waals surface area contributed by atoms with Gasteiger partial charge < -0.3 is 9.94 Å². The minimum atomic E-state index is -0.808. The van der Waals surface area contributed by atoms with Gasteiger partial charge in [0, 0.05) is 5.21 Å². The molecule has 0 N–H and O–H groups in total. The maximum Gasteiger partial charge on any atom is 0.316 e. The lowest BCUT2D eigenvalue weighted by Crippen LogP contribution is -2.55. The smallest absolute Gasteiger partial charge is 0.316 e. The van der Waals surface area contributed by atoms with Crippen LogP contribution in [0.1, 0.15) is 124 Å². The summed E-state index contributed by atoms with van der Waals surface area (Å²) >= 11 is 0. The highest BCUT2D eigenvalue weighted by Crippen LogP contribution is 2.41. The van der Waals surface area contributed by atoms with E-state index in [4.69, 9.17) is 4.74 Å². The molecule has 0 aromatic heterocycles. The zero-order chi connectivity index (χ0) is 28.3. The summed E-state index contributed by atoms with van der Waals surface area (Å²) < 4.78 is 6.92. The van der Waals surface area contributed by atoms with E-state index in [-0.39, 0.29) is 5.84 Å². The number of nitrogens with zero attached hydrogens (tertiary/aromatic N) is 2. The van der Waals surface area contributed by atoms with Crippen LogP contribution >= 0.6 is 0 Å². The van der Waals surface area contributed by atoms with Crippen molar-refractivity contribution in [3.8, 4) is 16.9 Å². The van der Waals surface area contributed by atoms with Crippen LogP contribution in [0, 0.1) is 5.21 Å². The average molecular weight is 536 g/mol. The number of ether oxygens (including phenoxy) is 1.